The Kier molecular flexibility index (Phi) is 8.02. The molecular formula is C24H38O4Si. The Morgan fingerprint density at radius 3 is 2.41 bits per heavy atom. The molecule has 2 atom stereocenters. The number of allylic oxidation sites excluding steroid dienone is 1. The molecule has 29 heavy (non-hydrogen) atoms. The Morgan fingerprint density at radius 1 is 1.17 bits per heavy atom. The molecule has 2 rings (SSSR count). The van der Waals surface area contributed by atoms with Crippen LogP contribution in [0, 0.1) is 5.41 Å². The summed E-state index contributed by atoms with van der Waals surface area (Å²) >= 11 is 0. The van der Waals surface area contributed by atoms with Crippen molar-refractivity contribution in [1.82, 2.24) is 0 Å². The fourth-order valence-corrected chi connectivity index (χ4v) is 5.08. The molecule has 1 aliphatic rings. The second-order valence-corrected chi connectivity index (χ2v) is 14.7. The van der Waals surface area contributed by atoms with Crippen LogP contribution < -0.4 is 0 Å². The van der Waals surface area contributed by atoms with Crippen molar-refractivity contribution in [2.24, 2.45) is 5.41 Å². The molecule has 0 saturated heterocycles. The number of carbonyl (C=O) groups excluding carboxylic acids is 1. The summed E-state index contributed by atoms with van der Waals surface area (Å²) in [5, 5.41) is 0.116. The van der Waals surface area contributed by atoms with Crippen molar-refractivity contribution >= 4 is 14.6 Å². The van der Waals surface area contributed by atoms with Gasteiger partial charge in [0.15, 0.2) is 8.32 Å². The van der Waals surface area contributed by atoms with Crippen molar-refractivity contribution in [3.63, 3.8) is 0 Å². The van der Waals surface area contributed by atoms with Crippen molar-refractivity contribution in [3.05, 3.63) is 47.0 Å². The smallest absolute Gasteiger partial charge is 0.192 e. The molecule has 0 N–H and O–H groups in total. The van der Waals surface area contributed by atoms with Gasteiger partial charge >= 0.3 is 0 Å². The first-order valence-electron chi connectivity index (χ1n) is 10.5. The molecule has 0 aliphatic heterocycles. The maximum absolute atomic E-state index is 12.0. The Bertz CT molecular complexity index is 705. The number of benzene rings is 1. The lowest BCUT2D eigenvalue weighted by molar-refractivity contribution is -0.114. The number of rotatable bonds is 9. The number of aldehydes is 1. The van der Waals surface area contributed by atoms with Crippen LogP contribution in [0.3, 0.4) is 0 Å². The summed E-state index contributed by atoms with van der Waals surface area (Å²) in [7, 11) is -1.97. The lowest BCUT2D eigenvalue weighted by Crippen LogP contribution is -2.52. The first kappa shape index (κ1) is 24.0. The highest BCUT2D eigenvalue weighted by Gasteiger charge is 2.47. The molecule has 1 aromatic rings. The van der Waals surface area contributed by atoms with Gasteiger partial charge in [0.2, 0.25) is 0 Å². The molecule has 5 heteroatoms. The lowest BCUT2D eigenvalue weighted by atomic mass is 9.70. The largest absolute Gasteiger partial charge is 0.413 e. The van der Waals surface area contributed by atoms with Crippen molar-refractivity contribution in [3.8, 4) is 0 Å². The van der Waals surface area contributed by atoms with Gasteiger partial charge in [-0.25, -0.2) is 0 Å². The van der Waals surface area contributed by atoms with E-state index in [9.17, 15) is 4.79 Å². The summed E-state index contributed by atoms with van der Waals surface area (Å²) in [6.45, 7) is 16.5. The number of ether oxygens (including phenoxy) is 2. The van der Waals surface area contributed by atoms with Crippen molar-refractivity contribution < 1.29 is 18.7 Å². The zero-order valence-electron chi connectivity index (χ0n) is 19.2. The topological polar surface area (TPSA) is 44.8 Å². The maximum atomic E-state index is 12.0. The Morgan fingerprint density at radius 2 is 1.83 bits per heavy atom. The van der Waals surface area contributed by atoms with Gasteiger partial charge in [-0.05, 0) is 43.5 Å². The van der Waals surface area contributed by atoms with E-state index in [4.69, 9.17) is 13.9 Å². The van der Waals surface area contributed by atoms with Crippen LogP contribution in [0.5, 0.6) is 0 Å². The standard InChI is InChI=1S/C24H38O4Si/c1-19-13-14-22(28-29(6,7)23(2,3)4)24(5,21(19)15-25)17-27-18-26-16-20-11-9-8-10-12-20/h8-12,15,22H,13-14,16-18H2,1-7H3/t22-,24+/m0/s1. The molecule has 0 amide bonds. The van der Waals surface area contributed by atoms with Gasteiger partial charge in [0.1, 0.15) is 13.1 Å². The zero-order chi connectivity index (χ0) is 21.7. The average Bonchev–Trinajstić information content (AvgIpc) is 2.64. The molecule has 1 aromatic carbocycles. The van der Waals surface area contributed by atoms with Gasteiger partial charge in [-0.15, -0.1) is 0 Å². The minimum Gasteiger partial charge on any atom is -0.413 e. The van der Waals surface area contributed by atoms with Crippen molar-refractivity contribution in [2.75, 3.05) is 13.4 Å². The second-order valence-electron chi connectivity index (χ2n) is 9.94. The third-order valence-electron chi connectivity index (χ3n) is 6.61. The van der Waals surface area contributed by atoms with E-state index in [1.165, 1.54) is 0 Å². The normalized spacial score (nSPS) is 23.3. The molecule has 1 aliphatic carbocycles. The number of hydrogen-bond acceptors (Lipinski definition) is 4. The third-order valence-corrected chi connectivity index (χ3v) is 11.1. The fraction of sp³-hybridized carbons (Fsp3) is 0.625. The van der Waals surface area contributed by atoms with E-state index in [1.54, 1.807) is 0 Å². The summed E-state index contributed by atoms with van der Waals surface area (Å²) in [5.74, 6) is 0. The summed E-state index contributed by atoms with van der Waals surface area (Å²) < 4.78 is 18.4. The molecule has 0 bridgehead atoms. The van der Waals surface area contributed by atoms with Crippen LogP contribution in [0.4, 0.5) is 0 Å². The molecule has 0 aromatic heterocycles. The van der Waals surface area contributed by atoms with Gasteiger partial charge in [-0.1, -0.05) is 63.6 Å². The van der Waals surface area contributed by atoms with Crippen LogP contribution in [0.2, 0.25) is 18.1 Å². The predicted octanol–water partition coefficient (Wildman–Crippen LogP) is 5.88. The monoisotopic (exact) mass is 418 g/mol. The molecule has 0 heterocycles. The molecule has 162 valence electrons. The van der Waals surface area contributed by atoms with E-state index in [0.29, 0.717) is 13.2 Å². The van der Waals surface area contributed by atoms with E-state index >= 15 is 0 Å². The first-order chi connectivity index (χ1) is 13.5. The van der Waals surface area contributed by atoms with Gasteiger partial charge in [0.05, 0.1) is 19.3 Å². The van der Waals surface area contributed by atoms with Crippen LogP contribution >= 0.6 is 0 Å². The third kappa shape index (κ3) is 5.88. The van der Waals surface area contributed by atoms with Crippen molar-refractivity contribution in [1.29, 1.82) is 0 Å². The quantitative estimate of drug-likeness (QED) is 0.217. The van der Waals surface area contributed by atoms with Gasteiger partial charge in [0.25, 0.3) is 0 Å². The van der Waals surface area contributed by atoms with E-state index in [-0.39, 0.29) is 17.9 Å². The van der Waals surface area contributed by atoms with E-state index in [1.807, 2.05) is 30.3 Å². The highest BCUT2D eigenvalue weighted by Crippen LogP contribution is 2.46. The van der Waals surface area contributed by atoms with E-state index < -0.39 is 13.7 Å². The molecule has 0 spiro atoms. The van der Waals surface area contributed by atoms with Crippen LogP contribution in [-0.4, -0.2) is 34.1 Å². The minimum atomic E-state index is -1.97. The fourth-order valence-electron chi connectivity index (χ4n) is 3.64. The molecule has 0 radical (unpaired) electrons. The SMILES string of the molecule is CC1=C(C=O)[C@@](C)(COCOCc2ccccc2)[C@@H](O[Si](C)(C)C(C)(C)C)CC1. The second kappa shape index (κ2) is 9.69. The van der Waals surface area contributed by atoms with Gasteiger partial charge in [-0.3, -0.25) is 4.79 Å². The van der Waals surface area contributed by atoms with Crippen LogP contribution in [0.15, 0.2) is 41.5 Å². The number of hydrogen-bond donors (Lipinski definition) is 0. The van der Waals surface area contributed by atoms with Gasteiger partial charge in [0, 0.05) is 11.0 Å². The summed E-state index contributed by atoms with van der Waals surface area (Å²) in [4.78, 5) is 12.0. The Labute approximate surface area is 177 Å². The van der Waals surface area contributed by atoms with Crippen molar-refractivity contribution in [2.45, 2.75) is 78.3 Å². The highest BCUT2D eigenvalue weighted by molar-refractivity contribution is 6.74. The summed E-state index contributed by atoms with van der Waals surface area (Å²) in [6.07, 6.45) is 2.79. The minimum absolute atomic E-state index is 0.0265. The summed E-state index contributed by atoms with van der Waals surface area (Å²) in [6, 6.07) is 10.0. The molecular weight excluding hydrogens is 380 g/mol. The first-order valence-corrected chi connectivity index (χ1v) is 13.4. The summed E-state index contributed by atoms with van der Waals surface area (Å²) in [5.41, 5.74) is 2.63. The molecule has 0 unspecified atom stereocenters. The molecule has 0 saturated carbocycles. The zero-order valence-corrected chi connectivity index (χ0v) is 20.2. The Hall–Kier alpha value is -1.27. The maximum Gasteiger partial charge on any atom is 0.192 e. The molecule has 0 fully saturated rings. The van der Waals surface area contributed by atoms with E-state index in [0.717, 1.165) is 35.8 Å². The highest BCUT2D eigenvalue weighted by atomic mass is 28.4. The number of carbonyl (C=O) groups is 1. The lowest BCUT2D eigenvalue weighted by Gasteiger charge is -2.48. The Balaban J connectivity index is 2.06. The predicted molar refractivity (Wildman–Crippen MR) is 120 cm³/mol. The van der Waals surface area contributed by atoms with Gasteiger partial charge in [-0.2, -0.15) is 0 Å². The van der Waals surface area contributed by atoms with Crippen LogP contribution in [-0.2, 0) is 25.3 Å². The average molecular weight is 419 g/mol. The van der Waals surface area contributed by atoms with Crippen LogP contribution in [0.25, 0.3) is 0 Å². The van der Waals surface area contributed by atoms with Crippen LogP contribution in [0.1, 0.15) is 53.0 Å². The molecule has 4 nitrogen and oxygen atoms in total. The van der Waals surface area contributed by atoms with Gasteiger partial charge < -0.3 is 13.9 Å². The van der Waals surface area contributed by atoms with E-state index in [2.05, 4.69) is 47.7 Å².